The van der Waals surface area contributed by atoms with Gasteiger partial charge in [0.1, 0.15) is 5.75 Å². The van der Waals surface area contributed by atoms with E-state index in [1.807, 2.05) is 18.2 Å². The Morgan fingerprint density at radius 1 is 1.13 bits per heavy atom. The Bertz CT molecular complexity index is 992. The Morgan fingerprint density at radius 2 is 1.90 bits per heavy atom. The monoisotopic (exact) mass is 442 g/mol. The zero-order chi connectivity index (χ0) is 21.6. The number of benzene rings is 2. The van der Waals surface area contributed by atoms with Crippen LogP contribution in [0.4, 0.5) is 8.78 Å². The topological polar surface area (TPSA) is 41.6 Å². The van der Waals surface area contributed by atoms with Gasteiger partial charge in [0.05, 0.1) is 12.6 Å². The van der Waals surface area contributed by atoms with Crippen molar-refractivity contribution in [1.29, 1.82) is 0 Å². The van der Waals surface area contributed by atoms with Crippen molar-refractivity contribution in [3.63, 3.8) is 0 Å². The van der Waals surface area contributed by atoms with Crippen LogP contribution in [0.25, 0.3) is 0 Å². The highest BCUT2D eigenvalue weighted by molar-refractivity contribution is 7.10. The molecule has 1 aromatic heterocycles. The van der Waals surface area contributed by atoms with E-state index in [0.717, 1.165) is 18.5 Å². The molecule has 2 heterocycles. The number of nitrogens with one attached hydrogen (secondary N) is 1. The molecular weight excluding hydrogens is 418 g/mol. The number of halogens is 2. The van der Waals surface area contributed by atoms with Crippen molar-refractivity contribution in [2.45, 2.75) is 25.5 Å². The van der Waals surface area contributed by atoms with E-state index in [1.165, 1.54) is 28.1 Å². The molecule has 31 heavy (non-hydrogen) atoms. The van der Waals surface area contributed by atoms with Gasteiger partial charge in [0, 0.05) is 18.0 Å². The van der Waals surface area contributed by atoms with Gasteiger partial charge in [0.15, 0.2) is 0 Å². The van der Waals surface area contributed by atoms with Gasteiger partial charge in [-0.05, 0) is 53.1 Å². The number of nitrogens with zero attached hydrogens (tertiary/aromatic N) is 1. The molecule has 0 spiro atoms. The molecule has 4 nitrogen and oxygen atoms in total. The Morgan fingerprint density at radius 3 is 2.65 bits per heavy atom. The second-order valence-corrected chi connectivity index (χ2v) is 8.46. The van der Waals surface area contributed by atoms with Crippen LogP contribution in [0.2, 0.25) is 0 Å². The molecule has 0 saturated carbocycles. The van der Waals surface area contributed by atoms with Crippen LogP contribution >= 0.6 is 11.3 Å². The molecule has 1 amide bonds. The summed E-state index contributed by atoms with van der Waals surface area (Å²) in [4.78, 5) is 16.3. The minimum absolute atomic E-state index is 0.0164. The fourth-order valence-electron chi connectivity index (χ4n) is 3.99. The molecule has 2 aromatic carbocycles. The van der Waals surface area contributed by atoms with Gasteiger partial charge in [-0.2, -0.15) is 8.78 Å². The minimum atomic E-state index is -2.83. The van der Waals surface area contributed by atoms with E-state index < -0.39 is 6.61 Å². The smallest absolute Gasteiger partial charge is 0.387 e. The number of alkyl halides is 2. The number of carbonyl (C=O) groups is 1. The molecule has 0 fully saturated rings. The Balaban J connectivity index is 1.33. The van der Waals surface area contributed by atoms with Crippen molar-refractivity contribution in [3.05, 3.63) is 87.6 Å². The van der Waals surface area contributed by atoms with E-state index in [9.17, 15) is 13.6 Å². The van der Waals surface area contributed by atoms with E-state index in [1.54, 1.807) is 23.5 Å². The molecule has 1 aliphatic heterocycles. The van der Waals surface area contributed by atoms with Crippen LogP contribution in [0, 0.1) is 0 Å². The fraction of sp³-hybridized carbons (Fsp3) is 0.292. The summed E-state index contributed by atoms with van der Waals surface area (Å²) < 4.78 is 28.8. The van der Waals surface area contributed by atoms with Gasteiger partial charge < -0.3 is 10.1 Å². The predicted molar refractivity (Wildman–Crippen MR) is 118 cm³/mol. The fourth-order valence-corrected chi connectivity index (χ4v) is 4.89. The van der Waals surface area contributed by atoms with E-state index in [-0.39, 0.29) is 17.7 Å². The first-order chi connectivity index (χ1) is 15.1. The van der Waals surface area contributed by atoms with Crippen molar-refractivity contribution in [2.24, 2.45) is 0 Å². The molecule has 4 rings (SSSR count). The zero-order valence-electron chi connectivity index (χ0n) is 17.0. The third kappa shape index (κ3) is 5.48. The molecular formula is C24H24F2N2O2S. The summed E-state index contributed by atoms with van der Waals surface area (Å²) in [6.45, 7) is -1.17. The number of fused-ring (bicyclic) bond motifs is 1. The number of thiophene rings is 1. The number of amides is 1. The Kier molecular flexibility index (Phi) is 6.94. The highest BCUT2D eigenvalue weighted by Gasteiger charge is 2.30. The maximum atomic E-state index is 12.7. The molecule has 1 aliphatic rings. The summed E-state index contributed by atoms with van der Waals surface area (Å²) in [5.74, 6) is 0.116. The summed E-state index contributed by atoms with van der Waals surface area (Å²) in [7, 11) is 0. The van der Waals surface area contributed by atoms with Gasteiger partial charge >= 0.3 is 6.61 Å². The van der Waals surface area contributed by atoms with Crippen LogP contribution in [0.3, 0.4) is 0 Å². The van der Waals surface area contributed by atoms with Crippen LogP contribution in [-0.4, -0.2) is 37.1 Å². The lowest BCUT2D eigenvalue weighted by molar-refractivity contribution is -0.122. The standard InChI is InChI=1S/C24H24F2N2O2S/c25-24(26)30-19-8-6-17(7-9-19)10-13-27-22(29)16-28-14-11-21-20(12-15-31-21)23(28)18-4-2-1-3-5-18/h1-9,12,15,23-24H,10-11,13-14,16H2,(H,27,29). The number of hydrogen-bond acceptors (Lipinski definition) is 4. The number of ether oxygens (including phenoxy) is 1. The SMILES string of the molecule is O=C(CN1CCc2sccc2C1c1ccccc1)NCCc1ccc(OC(F)F)cc1. The molecule has 0 aliphatic carbocycles. The van der Waals surface area contributed by atoms with Gasteiger partial charge in [0.2, 0.25) is 5.91 Å². The normalized spacial score (nSPS) is 16.2. The molecule has 0 bridgehead atoms. The third-order valence-electron chi connectivity index (χ3n) is 5.41. The van der Waals surface area contributed by atoms with Crippen LogP contribution in [0.1, 0.15) is 27.6 Å². The van der Waals surface area contributed by atoms with Gasteiger partial charge in [-0.15, -0.1) is 11.3 Å². The van der Waals surface area contributed by atoms with Crippen molar-refractivity contribution < 1.29 is 18.3 Å². The third-order valence-corrected chi connectivity index (χ3v) is 6.41. The van der Waals surface area contributed by atoms with Crippen LogP contribution in [-0.2, 0) is 17.6 Å². The van der Waals surface area contributed by atoms with E-state index in [2.05, 4.69) is 38.5 Å². The van der Waals surface area contributed by atoms with Gasteiger partial charge in [0.25, 0.3) is 0 Å². The lowest BCUT2D eigenvalue weighted by atomic mass is 9.93. The van der Waals surface area contributed by atoms with E-state index in [4.69, 9.17) is 0 Å². The molecule has 7 heteroatoms. The van der Waals surface area contributed by atoms with Gasteiger partial charge in [-0.1, -0.05) is 42.5 Å². The largest absolute Gasteiger partial charge is 0.435 e. The first kappa shape index (κ1) is 21.5. The van der Waals surface area contributed by atoms with Crippen LogP contribution in [0.5, 0.6) is 5.75 Å². The molecule has 162 valence electrons. The molecule has 1 atom stereocenters. The number of carbonyl (C=O) groups excluding carboxylic acids is 1. The number of hydrogen-bond donors (Lipinski definition) is 1. The second kappa shape index (κ2) is 10.0. The maximum absolute atomic E-state index is 12.7. The first-order valence-corrected chi connectivity index (χ1v) is 11.1. The molecule has 1 unspecified atom stereocenters. The quantitative estimate of drug-likeness (QED) is 0.552. The van der Waals surface area contributed by atoms with E-state index in [0.29, 0.717) is 19.5 Å². The Labute approximate surface area is 184 Å². The lowest BCUT2D eigenvalue weighted by Crippen LogP contribution is -2.43. The molecule has 3 aromatic rings. The zero-order valence-corrected chi connectivity index (χ0v) is 17.8. The van der Waals surface area contributed by atoms with Crippen molar-refractivity contribution in [3.8, 4) is 5.75 Å². The average Bonchev–Trinajstić information content (AvgIpc) is 3.24. The van der Waals surface area contributed by atoms with Crippen molar-refractivity contribution >= 4 is 17.2 Å². The summed E-state index contributed by atoms with van der Waals surface area (Å²) in [5.41, 5.74) is 3.44. The van der Waals surface area contributed by atoms with Crippen molar-refractivity contribution in [1.82, 2.24) is 10.2 Å². The van der Waals surface area contributed by atoms with Crippen molar-refractivity contribution in [2.75, 3.05) is 19.6 Å². The first-order valence-electron chi connectivity index (χ1n) is 10.3. The van der Waals surface area contributed by atoms with Gasteiger partial charge in [-0.3, -0.25) is 9.69 Å². The second-order valence-electron chi connectivity index (χ2n) is 7.46. The van der Waals surface area contributed by atoms with Crippen LogP contribution < -0.4 is 10.1 Å². The number of rotatable bonds is 8. The lowest BCUT2D eigenvalue weighted by Gasteiger charge is -2.35. The predicted octanol–water partition coefficient (Wildman–Crippen LogP) is 4.66. The highest BCUT2D eigenvalue weighted by atomic mass is 32.1. The van der Waals surface area contributed by atoms with Gasteiger partial charge in [-0.25, -0.2) is 0 Å². The minimum Gasteiger partial charge on any atom is -0.435 e. The molecule has 0 radical (unpaired) electrons. The Hall–Kier alpha value is -2.77. The maximum Gasteiger partial charge on any atom is 0.387 e. The summed E-state index contributed by atoms with van der Waals surface area (Å²) in [6, 6.07) is 19.1. The van der Waals surface area contributed by atoms with Crippen LogP contribution in [0.15, 0.2) is 66.0 Å². The summed E-state index contributed by atoms with van der Waals surface area (Å²) in [5, 5.41) is 5.11. The summed E-state index contributed by atoms with van der Waals surface area (Å²) >= 11 is 1.78. The average molecular weight is 443 g/mol. The highest BCUT2D eigenvalue weighted by Crippen LogP contribution is 2.37. The molecule has 0 saturated heterocycles. The summed E-state index contributed by atoms with van der Waals surface area (Å²) in [6.07, 6.45) is 1.58. The molecule has 1 N–H and O–H groups in total. The van der Waals surface area contributed by atoms with E-state index >= 15 is 0 Å².